The second kappa shape index (κ2) is 5.74. The number of nitrogens with zero attached hydrogens (tertiary/aromatic N) is 1. The maximum absolute atomic E-state index is 12.9. The zero-order chi connectivity index (χ0) is 14.9. The third kappa shape index (κ3) is 2.57. The van der Waals surface area contributed by atoms with Crippen molar-refractivity contribution in [3.05, 3.63) is 0 Å². The van der Waals surface area contributed by atoms with Crippen molar-refractivity contribution in [3.63, 3.8) is 0 Å². The van der Waals surface area contributed by atoms with Crippen molar-refractivity contribution in [2.75, 3.05) is 0 Å². The van der Waals surface area contributed by atoms with Crippen molar-refractivity contribution in [2.24, 2.45) is 5.92 Å². The van der Waals surface area contributed by atoms with E-state index in [0.29, 0.717) is 12.3 Å². The Labute approximate surface area is 122 Å². The van der Waals surface area contributed by atoms with Crippen LogP contribution in [0.3, 0.4) is 0 Å². The molecule has 0 aromatic rings. The van der Waals surface area contributed by atoms with E-state index in [4.69, 9.17) is 0 Å². The molecule has 2 aliphatic rings. The maximum Gasteiger partial charge on any atom is 0.248 e. The number of hydrogen-bond acceptors (Lipinski definition) is 2. The lowest BCUT2D eigenvalue weighted by molar-refractivity contribution is -0.158. The molecule has 1 saturated carbocycles. The van der Waals surface area contributed by atoms with Gasteiger partial charge >= 0.3 is 0 Å². The van der Waals surface area contributed by atoms with Gasteiger partial charge in [-0.2, -0.15) is 0 Å². The molecule has 4 atom stereocenters. The third-order valence-electron chi connectivity index (χ3n) is 5.28. The van der Waals surface area contributed by atoms with Gasteiger partial charge in [-0.15, -0.1) is 0 Å². The minimum atomic E-state index is -0.727. The minimum absolute atomic E-state index is 0.00889. The van der Waals surface area contributed by atoms with Gasteiger partial charge in [0.15, 0.2) is 0 Å². The molecule has 0 bridgehead atoms. The minimum Gasteiger partial charge on any atom is -0.340 e. The molecule has 0 aromatic carbocycles. The van der Waals surface area contributed by atoms with Gasteiger partial charge in [0.2, 0.25) is 11.8 Å². The molecular formula is C16H28N2O2. The number of nitrogens with one attached hydrogen (secondary N) is 1. The average Bonchev–Trinajstić information content (AvgIpc) is 2.62. The SMILES string of the molecule is CCC1(C)NC(=O)C(C)N(C2CCCCCC2C)C1=O. The molecule has 2 rings (SSSR count). The van der Waals surface area contributed by atoms with E-state index in [-0.39, 0.29) is 23.9 Å². The maximum atomic E-state index is 12.9. The first kappa shape index (κ1) is 15.3. The van der Waals surface area contributed by atoms with Gasteiger partial charge in [-0.05, 0) is 39.0 Å². The van der Waals surface area contributed by atoms with E-state index >= 15 is 0 Å². The van der Waals surface area contributed by atoms with Gasteiger partial charge < -0.3 is 10.2 Å². The van der Waals surface area contributed by atoms with Gasteiger partial charge in [-0.3, -0.25) is 9.59 Å². The van der Waals surface area contributed by atoms with Gasteiger partial charge in [-0.1, -0.05) is 33.1 Å². The van der Waals surface area contributed by atoms with E-state index in [9.17, 15) is 9.59 Å². The Morgan fingerprint density at radius 3 is 2.50 bits per heavy atom. The highest BCUT2D eigenvalue weighted by Gasteiger charge is 2.48. The molecule has 2 amide bonds. The molecule has 114 valence electrons. The van der Waals surface area contributed by atoms with Crippen molar-refractivity contribution in [1.82, 2.24) is 10.2 Å². The molecule has 2 fully saturated rings. The second-order valence-corrected chi connectivity index (χ2v) is 6.75. The van der Waals surface area contributed by atoms with E-state index in [1.165, 1.54) is 12.8 Å². The molecule has 0 spiro atoms. The summed E-state index contributed by atoms with van der Waals surface area (Å²) in [5.41, 5.74) is -0.727. The summed E-state index contributed by atoms with van der Waals surface area (Å²) in [5, 5.41) is 2.91. The Morgan fingerprint density at radius 2 is 1.85 bits per heavy atom. The predicted molar refractivity (Wildman–Crippen MR) is 79.2 cm³/mol. The van der Waals surface area contributed by atoms with E-state index in [1.807, 2.05) is 25.7 Å². The quantitative estimate of drug-likeness (QED) is 0.790. The smallest absolute Gasteiger partial charge is 0.248 e. The molecule has 1 aliphatic heterocycles. The van der Waals surface area contributed by atoms with Crippen LogP contribution in [-0.4, -0.2) is 34.3 Å². The summed E-state index contributed by atoms with van der Waals surface area (Å²) < 4.78 is 0. The summed E-state index contributed by atoms with van der Waals surface area (Å²) in [6.45, 7) is 7.90. The molecule has 1 heterocycles. The van der Waals surface area contributed by atoms with Crippen LogP contribution < -0.4 is 5.32 Å². The summed E-state index contributed by atoms with van der Waals surface area (Å²) in [6, 6.07) is -0.121. The fourth-order valence-corrected chi connectivity index (χ4v) is 3.58. The number of piperazine rings is 1. The Hall–Kier alpha value is -1.06. The van der Waals surface area contributed by atoms with Crippen LogP contribution in [0.15, 0.2) is 0 Å². The van der Waals surface area contributed by atoms with Crippen molar-refractivity contribution in [1.29, 1.82) is 0 Å². The van der Waals surface area contributed by atoms with Crippen molar-refractivity contribution >= 4 is 11.8 Å². The van der Waals surface area contributed by atoms with Crippen LogP contribution in [0.25, 0.3) is 0 Å². The highest BCUT2D eigenvalue weighted by molar-refractivity contribution is 5.99. The standard InChI is InChI=1S/C16H28N2O2/c1-5-16(4)15(20)18(12(3)14(19)17-16)13-10-8-6-7-9-11(13)2/h11-13H,5-10H2,1-4H3,(H,17,19). The van der Waals surface area contributed by atoms with Gasteiger partial charge in [-0.25, -0.2) is 0 Å². The van der Waals surface area contributed by atoms with Gasteiger partial charge in [0.25, 0.3) is 0 Å². The fraction of sp³-hybridized carbons (Fsp3) is 0.875. The molecule has 4 heteroatoms. The zero-order valence-electron chi connectivity index (χ0n) is 13.2. The van der Waals surface area contributed by atoms with E-state index in [0.717, 1.165) is 19.3 Å². The third-order valence-corrected chi connectivity index (χ3v) is 5.28. The average molecular weight is 280 g/mol. The Morgan fingerprint density at radius 1 is 1.20 bits per heavy atom. The van der Waals surface area contributed by atoms with Crippen LogP contribution in [0.1, 0.15) is 66.2 Å². The molecule has 0 aromatic heterocycles. The number of amides is 2. The Balaban J connectivity index is 2.30. The predicted octanol–water partition coefficient (Wildman–Crippen LogP) is 2.47. The summed E-state index contributed by atoms with van der Waals surface area (Å²) in [6.07, 6.45) is 6.48. The normalized spacial score (nSPS) is 39.4. The van der Waals surface area contributed by atoms with Gasteiger partial charge in [0, 0.05) is 6.04 Å². The van der Waals surface area contributed by atoms with Crippen LogP contribution in [-0.2, 0) is 9.59 Å². The summed E-state index contributed by atoms with van der Waals surface area (Å²) in [7, 11) is 0. The number of hydrogen-bond donors (Lipinski definition) is 1. The first-order chi connectivity index (χ1) is 9.40. The highest BCUT2D eigenvalue weighted by atomic mass is 16.2. The molecule has 4 nitrogen and oxygen atoms in total. The molecule has 4 unspecified atom stereocenters. The van der Waals surface area contributed by atoms with Crippen LogP contribution in [0.5, 0.6) is 0 Å². The largest absolute Gasteiger partial charge is 0.340 e. The molecular weight excluding hydrogens is 252 g/mol. The molecule has 1 saturated heterocycles. The molecule has 1 aliphatic carbocycles. The van der Waals surface area contributed by atoms with E-state index in [1.54, 1.807) is 0 Å². The van der Waals surface area contributed by atoms with Crippen LogP contribution in [0.2, 0.25) is 0 Å². The van der Waals surface area contributed by atoms with Crippen LogP contribution >= 0.6 is 0 Å². The highest BCUT2D eigenvalue weighted by Crippen LogP contribution is 2.32. The topological polar surface area (TPSA) is 49.4 Å². The van der Waals surface area contributed by atoms with Crippen molar-refractivity contribution < 1.29 is 9.59 Å². The van der Waals surface area contributed by atoms with E-state index < -0.39 is 5.54 Å². The zero-order valence-corrected chi connectivity index (χ0v) is 13.2. The summed E-state index contributed by atoms with van der Waals surface area (Å²) in [5.74, 6) is 0.576. The molecule has 0 radical (unpaired) electrons. The lowest BCUT2D eigenvalue weighted by Crippen LogP contribution is -2.70. The van der Waals surface area contributed by atoms with Gasteiger partial charge in [0.1, 0.15) is 11.6 Å². The molecule has 1 N–H and O–H groups in total. The fourth-order valence-electron chi connectivity index (χ4n) is 3.58. The van der Waals surface area contributed by atoms with Crippen molar-refractivity contribution in [2.45, 2.75) is 83.8 Å². The number of carbonyl (C=O) groups excluding carboxylic acids is 2. The van der Waals surface area contributed by atoms with Crippen LogP contribution in [0.4, 0.5) is 0 Å². The number of carbonyl (C=O) groups is 2. The van der Waals surface area contributed by atoms with E-state index in [2.05, 4.69) is 12.2 Å². The van der Waals surface area contributed by atoms with Crippen molar-refractivity contribution in [3.8, 4) is 0 Å². The lowest BCUT2D eigenvalue weighted by Gasteiger charge is -2.47. The van der Waals surface area contributed by atoms with Gasteiger partial charge in [0.05, 0.1) is 0 Å². The Kier molecular flexibility index (Phi) is 4.40. The monoisotopic (exact) mass is 280 g/mol. The number of rotatable bonds is 2. The first-order valence-corrected chi connectivity index (χ1v) is 8.05. The van der Waals surface area contributed by atoms with Crippen LogP contribution in [0, 0.1) is 5.92 Å². The summed E-state index contributed by atoms with van der Waals surface area (Å²) >= 11 is 0. The molecule has 20 heavy (non-hydrogen) atoms. The Bertz CT molecular complexity index is 396. The first-order valence-electron chi connectivity index (χ1n) is 8.05. The second-order valence-electron chi connectivity index (χ2n) is 6.75. The summed E-state index contributed by atoms with van der Waals surface area (Å²) in [4.78, 5) is 27.1. The lowest BCUT2D eigenvalue weighted by atomic mass is 9.87.